The number of rotatable bonds is 5. The molecule has 4 aromatic rings. The molecule has 138 valence electrons. The van der Waals surface area contributed by atoms with E-state index in [4.69, 9.17) is 16.0 Å². The summed E-state index contributed by atoms with van der Waals surface area (Å²) in [5, 5.41) is 2.10. The number of benzene rings is 2. The molecule has 0 spiro atoms. The van der Waals surface area contributed by atoms with Crippen molar-refractivity contribution >= 4 is 55.2 Å². The zero-order chi connectivity index (χ0) is 19.0. The minimum atomic E-state index is -0.205. The molecule has 0 unspecified atom stereocenters. The Balaban J connectivity index is 1.74. The first-order valence-corrected chi connectivity index (χ1v) is 9.72. The van der Waals surface area contributed by atoms with Crippen molar-refractivity contribution in [3.05, 3.63) is 59.3 Å². The summed E-state index contributed by atoms with van der Waals surface area (Å²) in [6, 6.07) is 15.0. The molecular weight excluding hydrogens is 382 g/mol. The van der Waals surface area contributed by atoms with Crippen LogP contribution in [-0.4, -0.2) is 43.0 Å². The Morgan fingerprint density at radius 3 is 2.70 bits per heavy atom. The molecule has 2 aromatic heterocycles. The number of hydrogen-bond donors (Lipinski definition) is 0. The van der Waals surface area contributed by atoms with Gasteiger partial charge in [-0.1, -0.05) is 47.2 Å². The van der Waals surface area contributed by atoms with Gasteiger partial charge in [0.2, 0.25) is 0 Å². The number of para-hydroxylation sites is 2. The lowest BCUT2D eigenvalue weighted by Gasteiger charge is -2.20. The Hall–Kier alpha value is -2.41. The Labute approximate surface area is 165 Å². The van der Waals surface area contributed by atoms with E-state index in [1.54, 1.807) is 17.0 Å². The van der Waals surface area contributed by atoms with E-state index in [-0.39, 0.29) is 5.91 Å². The normalized spacial score (nSPS) is 11.6. The predicted octanol–water partition coefficient (Wildman–Crippen LogP) is 4.90. The van der Waals surface area contributed by atoms with Gasteiger partial charge in [0, 0.05) is 18.5 Å². The average molecular weight is 400 g/mol. The topological polar surface area (TPSA) is 49.6 Å². The number of carbonyl (C=O) groups is 1. The van der Waals surface area contributed by atoms with Crippen LogP contribution in [0.25, 0.3) is 21.2 Å². The van der Waals surface area contributed by atoms with Crippen LogP contribution in [0.1, 0.15) is 10.6 Å². The maximum Gasteiger partial charge on any atom is 0.295 e. The summed E-state index contributed by atoms with van der Waals surface area (Å²) >= 11 is 7.72. The van der Waals surface area contributed by atoms with Crippen molar-refractivity contribution in [1.82, 2.24) is 9.88 Å². The number of thiazole rings is 1. The van der Waals surface area contributed by atoms with Crippen LogP contribution in [0.4, 0.5) is 5.13 Å². The van der Waals surface area contributed by atoms with Crippen molar-refractivity contribution in [2.45, 2.75) is 0 Å². The number of furan rings is 1. The summed E-state index contributed by atoms with van der Waals surface area (Å²) in [6.45, 7) is 1.20. The van der Waals surface area contributed by atoms with E-state index in [0.717, 1.165) is 10.1 Å². The van der Waals surface area contributed by atoms with Crippen LogP contribution in [0.5, 0.6) is 0 Å². The number of likely N-dealkylation sites (N-methyl/N-ethyl adjacent to an activating group) is 1. The first kappa shape index (κ1) is 18.0. The van der Waals surface area contributed by atoms with Crippen molar-refractivity contribution in [3.8, 4) is 0 Å². The molecule has 0 atom stereocenters. The summed E-state index contributed by atoms with van der Waals surface area (Å²) in [5.74, 6) is 0.100. The second kappa shape index (κ2) is 7.31. The Morgan fingerprint density at radius 2 is 1.96 bits per heavy atom. The second-order valence-electron chi connectivity index (χ2n) is 6.49. The molecule has 0 aliphatic rings. The summed E-state index contributed by atoms with van der Waals surface area (Å²) in [6.07, 6.45) is 0. The van der Waals surface area contributed by atoms with E-state index in [1.807, 2.05) is 55.4 Å². The molecule has 27 heavy (non-hydrogen) atoms. The van der Waals surface area contributed by atoms with Gasteiger partial charge >= 0.3 is 0 Å². The molecule has 4 rings (SSSR count). The quantitative estimate of drug-likeness (QED) is 0.478. The summed E-state index contributed by atoms with van der Waals surface area (Å²) in [5.41, 5.74) is 1.41. The molecule has 0 N–H and O–H groups in total. The van der Waals surface area contributed by atoms with E-state index in [2.05, 4.69) is 4.98 Å². The lowest BCUT2D eigenvalue weighted by Crippen LogP contribution is -2.36. The highest BCUT2D eigenvalue weighted by molar-refractivity contribution is 7.22. The maximum atomic E-state index is 13.2. The van der Waals surface area contributed by atoms with Crippen LogP contribution < -0.4 is 4.90 Å². The fraction of sp³-hybridized carbons (Fsp3) is 0.200. The van der Waals surface area contributed by atoms with Gasteiger partial charge in [-0.3, -0.25) is 9.69 Å². The molecule has 0 aliphatic carbocycles. The third kappa shape index (κ3) is 3.56. The third-order valence-corrected chi connectivity index (χ3v) is 5.59. The largest absolute Gasteiger partial charge is 0.451 e. The van der Waals surface area contributed by atoms with Crippen molar-refractivity contribution in [3.63, 3.8) is 0 Å². The van der Waals surface area contributed by atoms with E-state index in [0.29, 0.717) is 40.1 Å². The highest BCUT2D eigenvalue weighted by Gasteiger charge is 2.24. The van der Waals surface area contributed by atoms with Crippen LogP contribution in [-0.2, 0) is 0 Å². The first-order chi connectivity index (χ1) is 13.0. The molecular formula is C20H18ClN3O2S. The summed E-state index contributed by atoms with van der Waals surface area (Å²) in [7, 11) is 3.94. The Kier molecular flexibility index (Phi) is 4.86. The molecule has 5 nitrogen and oxygen atoms in total. The molecule has 0 saturated carbocycles. The van der Waals surface area contributed by atoms with E-state index in [9.17, 15) is 4.79 Å². The smallest absolute Gasteiger partial charge is 0.295 e. The minimum Gasteiger partial charge on any atom is -0.451 e. The summed E-state index contributed by atoms with van der Waals surface area (Å²) in [4.78, 5) is 21.6. The number of nitrogens with zero attached hydrogens (tertiary/aromatic N) is 3. The van der Waals surface area contributed by atoms with Gasteiger partial charge in [-0.25, -0.2) is 4.98 Å². The van der Waals surface area contributed by atoms with Crippen molar-refractivity contribution < 1.29 is 9.21 Å². The minimum absolute atomic E-state index is 0.205. The van der Waals surface area contributed by atoms with E-state index < -0.39 is 0 Å². The monoisotopic (exact) mass is 399 g/mol. The SMILES string of the molecule is CN(C)CCN(C(=O)c1cc2ccccc2o1)c1nc2c(Cl)cccc2s1. The van der Waals surface area contributed by atoms with Crippen molar-refractivity contribution in [2.24, 2.45) is 0 Å². The molecule has 0 saturated heterocycles. The van der Waals surface area contributed by atoms with Crippen molar-refractivity contribution in [1.29, 1.82) is 0 Å². The van der Waals surface area contributed by atoms with E-state index >= 15 is 0 Å². The number of fused-ring (bicyclic) bond motifs is 2. The number of aromatic nitrogens is 1. The number of halogens is 1. The van der Waals surface area contributed by atoms with Gasteiger partial charge in [0.1, 0.15) is 11.1 Å². The maximum absolute atomic E-state index is 13.2. The molecule has 7 heteroatoms. The van der Waals surface area contributed by atoms with Crippen LogP contribution in [0.15, 0.2) is 52.9 Å². The zero-order valence-corrected chi connectivity index (χ0v) is 16.5. The number of carbonyl (C=O) groups excluding carboxylic acids is 1. The van der Waals surface area contributed by atoms with Crippen molar-refractivity contribution in [2.75, 3.05) is 32.1 Å². The third-order valence-electron chi connectivity index (χ3n) is 4.24. The molecule has 0 bridgehead atoms. The zero-order valence-electron chi connectivity index (χ0n) is 15.0. The fourth-order valence-electron chi connectivity index (χ4n) is 2.82. The van der Waals surface area contributed by atoms with Gasteiger partial charge in [-0.05, 0) is 38.4 Å². The number of hydrogen-bond acceptors (Lipinski definition) is 5. The van der Waals surface area contributed by atoms with Gasteiger partial charge < -0.3 is 9.32 Å². The fourth-order valence-corrected chi connectivity index (χ4v) is 4.11. The molecule has 2 heterocycles. The molecule has 0 fully saturated rings. The lowest BCUT2D eigenvalue weighted by molar-refractivity contribution is 0.0960. The highest BCUT2D eigenvalue weighted by Crippen LogP contribution is 2.33. The van der Waals surface area contributed by atoms with Crippen LogP contribution >= 0.6 is 22.9 Å². The molecule has 1 amide bonds. The first-order valence-electron chi connectivity index (χ1n) is 8.53. The summed E-state index contributed by atoms with van der Waals surface area (Å²) < 4.78 is 6.73. The van der Waals surface area contributed by atoms with Gasteiger partial charge in [-0.15, -0.1) is 0 Å². The average Bonchev–Trinajstić information content (AvgIpc) is 3.26. The van der Waals surface area contributed by atoms with Crippen LogP contribution in [0.3, 0.4) is 0 Å². The molecule has 0 radical (unpaired) electrons. The second-order valence-corrected chi connectivity index (χ2v) is 7.91. The van der Waals surface area contributed by atoms with Gasteiger partial charge in [-0.2, -0.15) is 0 Å². The molecule has 2 aromatic carbocycles. The van der Waals surface area contributed by atoms with Gasteiger partial charge in [0.05, 0.1) is 9.72 Å². The molecule has 0 aliphatic heterocycles. The Morgan fingerprint density at radius 1 is 1.15 bits per heavy atom. The predicted molar refractivity (Wildman–Crippen MR) is 111 cm³/mol. The standard InChI is InChI=1S/C20H18ClN3O2S/c1-23(2)10-11-24(20-22-18-14(21)7-5-9-17(18)27-20)19(25)16-12-13-6-3-4-8-15(13)26-16/h3-9,12H,10-11H2,1-2H3. The number of anilines is 1. The lowest BCUT2D eigenvalue weighted by atomic mass is 10.2. The van der Waals surface area contributed by atoms with Crippen LogP contribution in [0, 0.1) is 0 Å². The van der Waals surface area contributed by atoms with Gasteiger partial charge in [0.15, 0.2) is 10.9 Å². The number of amides is 1. The van der Waals surface area contributed by atoms with E-state index in [1.165, 1.54) is 11.3 Å². The highest BCUT2D eigenvalue weighted by atomic mass is 35.5. The van der Waals surface area contributed by atoms with Crippen LogP contribution in [0.2, 0.25) is 5.02 Å². The Bertz CT molecular complexity index is 1090. The van der Waals surface area contributed by atoms with Gasteiger partial charge in [0.25, 0.3) is 5.91 Å².